The van der Waals surface area contributed by atoms with Gasteiger partial charge in [-0.2, -0.15) is 0 Å². The van der Waals surface area contributed by atoms with Gasteiger partial charge in [-0.05, 0) is 25.0 Å². The van der Waals surface area contributed by atoms with Crippen LogP contribution in [0.2, 0.25) is 0 Å². The van der Waals surface area contributed by atoms with Crippen molar-refractivity contribution in [2.24, 2.45) is 0 Å². The fourth-order valence-electron chi connectivity index (χ4n) is 3.09. The minimum absolute atomic E-state index is 0.0427. The predicted octanol–water partition coefficient (Wildman–Crippen LogP) is 4.03. The van der Waals surface area contributed by atoms with E-state index in [9.17, 15) is 4.79 Å². The summed E-state index contributed by atoms with van der Waals surface area (Å²) < 4.78 is 6.11. The molecule has 4 nitrogen and oxygen atoms in total. The molecule has 0 bridgehead atoms. The first-order valence-corrected chi connectivity index (χ1v) is 8.03. The van der Waals surface area contributed by atoms with E-state index in [1.54, 1.807) is 0 Å². The van der Waals surface area contributed by atoms with Crippen LogP contribution in [0, 0.1) is 0 Å². The molecule has 2 aromatic rings. The van der Waals surface area contributed by atoms with Gasteiger partial charge < -0.3 is 9.73 Å². The predicted molar refractivity (Wildman–Crippen MR) is 85.3 cm³/mol. The highest BCUT2D eigenvalue weighted by Gasteiger charge is 2.24. The summed E-state index contributed by atoms with van der Waals surface area (Å²) in [6.07, 6.45) is 6.08. The lowest BCUT2D eigenvalue weighted by Crippen LogP contribution is -2.20. The maximum Gasteiger partial charge on any atom is 0.226 e. The minimum atomic E-state index is -0.0427. The number of benzene rings is 1. The summed E-state index contributed by atoms with van der Waals surface area (Å²) in [6, 6.07) is 9.94. The number of hydrogen-bond acceptors (Lipinski definition) is 3. The molecule has 1 fully saturated rings. The molecule has 1 amide bonds. The summed E-state index contributed by atoms with van der Waals surface area (Å²) in [6.45, 7) is 1.97. The third kappa shape index (κ3) is 3.38. The Bertz CT molecular complexity index is 628. The summed E-state index contributed by atoms with van der Waals surface area (Å²) in [5, 5.41) is 2.84. The van der Waals surface area contributed by atoms with Gasteiger partial charge >= 0.3 is 0 Å². The molecule has 0 aliphatic heterocycles. The Kier molecular flexibility index (Phi) is 4.56. The molecule has 1 aromatic carbocycles. The van der Waals surface area contributed by atoms with Crippen LogP contribution in [0.4, 0.5) is 0 Å². The number of hydrogen-bond donors (Lipinski definition) is 1. The zero-order chi connectivity index (χ0) is 15.4. The van der Waals surface area contributed by atoms with Gasteiger partial charge in [-0.1, -0.05) is 37.5 Å². The van der Waals surface area contributed by atoms with Gasteiger partial charge in [0, 0.05) is 18.4 Å². The molecule has 116 valence electrons. The van der Waals surface area contributed by atoms with E-state index in [2.05, 4.69) is 10.3 Å². The smallest absolute Gasteiger partial charge is 0.226 e. The molecule has 0 unspecified atom stereocenters. The standard InChI is InChI=1S/C18H22N2O2/c1-13(21)19-12-16-17(14-8-4-2-5-9-14)22-18(20-16)15-10-6-3-7-11-15/h3,6-7,10-11,14H,2,4-5,8-9,12H2,1H3,(H,19,21). The molecule has 0 radical (unpaired) electrons. The Balaban J connectivity index is 1.91. The SMILES string of the molecule is CC(=O)NCc1nc(-c2ccccc2)oc1C1CCCCC1. The zero-order valence-corrected chi connectivity index (χ0v) is 13.0. The van der Waals surface area contributed by atoms with Crippen molar-refractivity contribution in [3.63, 3.8) is 0 Å². The molecule has 1 aromatic heterocycles. The average Bonchev–Trinajstić information content (AvgIpc) is 2.99. The summed E-state index contributed by atoms with van der Waals surface area (Å²) in [5.74, 6) is 2.01. The summed E-state index contributed by atoms with van der Waals surface area (Å²) >= 11 is 0. The van der Waals surface area contributed by atoms with Crippen molar-refractivity contribution in [1.29, 1.82) is 0 Å². The van der Waals surface area contributed by atoms with E-state index in [1.165, 1.54) is 26.2 Å². The number of aromatic nitrogens is 1. The van der Waals surface area contributed by atoms with Gasteiger partial charge in [0.25, 0.3) is 0 Å². The van der Waals surface area contributed by atoms with Gasteiger partial charge in [-0.25, -0.2) is 4.98 Å². The molecule has 1 N–H and O–H groups in total. The average molecular weight is 298 g/mol. The van der Waals surface area contributed by atoms with Crippen LogP contribution in [0.15, 0.2) is 34.7 Å². The second-order valence-corrected chi connectivity index (χ2v) is 5.94. The molecular weight excluding hydrogens is 276 g/mol. The van der Waals surface area contributed by atoms with Crippen molar-refractivity contribution < 1.29 is 9.21 Å². The molecule has 0 spiro atoms. The number of nitrogens with one attached hydrogen (secondary N) is 1. The molecule has 0 saturated heterocycles. The normalized spacial score (nSPS) is 15.7. The highest BCUT2D eigenvalue weighted by Crippen LogP contribution is 2.36. The fourth-order valence-corrected chi connectivity index (χ4v) is 3.09. The first-order chi connectivity index (χ1) is 10.7. The Morgan fingerprint density at radius 1 is 1.23 bits per heavy atom. The second kappa shape index (κ2) is 6.77. The van der Waals surface area contributed by atoms with Crippen molar-refractivity contribution in [3.8, 4) is 11.5 Å². The summed E-state index contributed by atoms with van der Waals surface area (Å²) in [7, 11) is 0. The van der Waals surface area contributed by atoms with E-state index in [0.29, 0.717) is 18.4 Å². The van der Waals surface area contributed by atoms with E-state index in [1.807, 2.05) is 30.3 Å². The molecule has 3 rings (SSSR count). The Labute approximate surface area is 130 Å². The Morgan fingerprint density at radius 3 is 2.64 bits per heavy atom. The van der Waals surface area contributed by atoms with Crippen molar-refractivity contribution >= 4 is 5.91 Å². The van der Waals surface area contributed by atoms with Crippen LogP contribution in [0.1, 0.15) is 56.4 Å². The van der Waals surface area contributed by atoms with Gasteiger partial charge in [0.2, 0.25) is 11.8 Å². The molecule has 0 atom stereocenters. The lowest BCUT2D eigenvalue weighted by molar-refractivity contribution is -0.119. The van der Waals surface area contributed by atoms with E-state index in [4.69, 9.17) is 4.42 Å². The molecule has 1 heterocycles. The van der Waals surface area contributed by atoms with Crippen LogP contribution in [0.25, 0.3) is 11.5 Å². The largest absolute Gasteiger partial charge is 0.441 e. The number of oxazole rings is 1. The lowest BCUT2D eigenvalue weighted by Gasteiger charge is -2.20. The minimum Gasteiger partial charge on any atom is -0.441 e. The number of nitrogens with zero attached hydrogens (tertiary/aromatic N) is 1. The third-order valence-electron chi connectivity index (χ3n) is 4.23. The van der Waals surface area contributed by atoms with Crippen LogP contribution in [-0.4, -0.2) is 10.9 Å². The second-order valence-electron chi connectivity index (χ2n) is 5.94. The molecule has 1 aliphatic rings. The van der Waals surface area contributed by atoms with Crippen LogP contribution >= 0.6 is 0 Å². The van der Waals surface area contributed by atoms with E-state index < -0.39 is 0 Å². The van der Waals surface area contributed by atoms with Gasteiger partial charge in [-0.3, -0.25) is 4.79 Å². The maximum atomic E-state index is 11.2. The molecule has 1 aliphatic carbocycles. The third-order valence-corrected chi connectivity index (χ3v) is 4.23. The molecule has 1 saturated carbocycles. The van der Waals surface area contributed by atoms with Gasteiger partial charge in [0.1, 0.15) is 11.5 Å². The summed E-state index contributed by atoms with van der Waals surface area (Å²) in [5.41, 5.74) is 1.86. The van der Waals surface area contributed by atoms with Crippen molar-refractivity contribution in [2.75, 3.05) is 0 Å². The first-order valence-electron chi connectivity index (χ1n) is 8.03. The van der Waals surface area contributed by atoms with Crippen LogP contribution in [0.5, 0.6) is 0 Å². The van der Waals surface area contributed by atoms with Crippen molar-refractivity contribution in [1.82, 2.24) is 10.3 Å². The number of rotatable bonds is 4. The Hall–Kier alpha value is -2.10. The van der Waals surface area contributed by atoms with E-state index in [-0.39, 0.29) is 5.91 Å². The number of carbonyl (C=O) groups excluding carboxylic acids is 1. The van der Waals surface area contributed by atoms with Gasteiger partial charge in [0.15, 0.2) is 0 Å². The van der Waals surface area contributed by atoms with E-state index >= 15 is 0 Å². The Morgan fingerprint density at radius 2 is 1.95 bits per heavy atom. The highest BCUT2D eigenvalue weighted by atomic mass is 16.4. The van der Waals surface area contributed by atoms with Crippen LogP contribution in [-0.2, 0) is 11.3 Å². The highest BCUT2D eigenvalue weighted by molar-refractivity contribution is 5.72. The maximum absolute atomic E-state index is 11.2. The van der Waals surface area contributed by atoms with Crippen molar-refractivity contribution in [3.05, 3.63) is 41.8 Å². The van der Waals surface area contributed by atoms with Gasteiger partial charge in [-0.15, -0.1) is 0 Å². The molecule has 22 heavy (non-hydrogen) atoms. The monoisotopic (exact) mass is 298 g/mol. The first kappa shape index (κ1) is 14.8. The van der Waals surface area contributed by atoms with Crippen molar-refractivity contribution in [2.45, 2.75) is 51.5 Å². The number of carbonyl (C=O) groups is 1. The van der Waals surface area contributed by atoms with Crippen LogP contribution in [0.3, 0.4) is 0 Å². The fraction of sp³-hybridized carbons (Fsp3) is 0.444. The van der Waals surface area contributed by atoms with Crippen LogP contribution < -0.4 is 5.32 Å². The van der Waals surface area contributed by atoms with Gasteiger partial charge in [0.05, 0.1) is 6.54 Å². The quantitative estimate of drug-likeness (QED) is 0.927. The van der Waals surface area contributed by atoms with E-state index in [0.717, 1.165) is 29.9 Å². The molecule has 4 heteroatoms. The number of amides is 1. The zero-order valence-electron chi connectivity index (χ0n) is 13.0. The molecular formula is C18H22N2O2. The summed E-state index contributed by atoms with van der Waals surface area (Å²) in [4.78, 5) is 15.9. The lowest BCUT2D eigenvalue weighted by atomic mass is 9.87. The topological polar surface area (TPSA) is 55.1 Å².